The van der Waals surface area contributed by atoms with Crippen molar-refractivity contribution in [2.45, 2.75) is 25.9 Å². The first-order valence-corrected chi connectivity index (χ1v) is 8.38. The topological polar surface area (TPSA) is 58.8 Å². The SMILES string of the molecule is N#Cc1cccc(COc2cc(-c3cccnc3)c3c(n2)CCC3)c1. The highest BCUT2D eigenvalue weighted by atomic mass is 16.5. The highest BCUT2D eigenvalue weighted by molar-refractivity contribution is 5.69. The second-order valence-electron chi connectivity index (χ2n) is 6.13. The summed E-state index contributed by atoms with van der Waals surface area (Å²) in [5.41, 5.74) is 6.30. The Kier molecular flexibility index (Phi) is 4.14. The molecule has 0 saturated carbocycles. The van der Waals surface area contributed by atoms with Crippen LogP contribution in [0.1, 0.15) is 28.8 Å². The van der Waals surface area contributed by atoms with Crippen molar-refractivity contribution in [3.63, 3.8) is 0 Å². The molecule has 0 unspecified atom stereocenters. The first kappa shape index (κ1) is 15.3. The molecular weight excluding hydrogens is 310 g/mol. The van der Waals surface area contributed by atoms with Gasteiger partial charge in [0.1, 0.15) is 6.61 Å². The molecule has 0 saturated heterocycles. The number of hydrogen-bond donors (Lipinski definition) is 0. The average molecular weight is 327 g/mol. The van der Waals surface area contributed by atoms with Crippen molar-refractivity contribution < 1.29 is 4.74 Å². The number of fused-ring (bicyclic) bond motifs is 1. The molecule has 1 aliphatic rings. The molecule has 2 heterocycles. The summed E-state index contributed by atoms with van der Waals surface area (Å²) in [6.45, 7) is 0.397. The fraction of sp³-hybridized carbons (Fsp3) is 0.190. The first-order valence-electron chi connectivity index (χ1n) is 8.38. The molecular formula is C21H17N3O. The van der Waals surface area contributed by atoms with E-state index in [1.807, 2.05) is 36.5 Å². The lowest BCUT2D eigenvalue weighted by Crippen LogP contribution is -2.01. The maximum Gasteiger partial charge on any atom is 0.214 e. The van der Waals surface area contributed by atoms with Crippen LogP contribution in [-0.4, -0.2) is 9.97 Å². The summed E-state index contributed by atoms with van der Waals surface area (Å²) in [5.74, 6) is 0.627. The van der Waals surface area contributed by atoms with Crippen molar-refractivity contribution in [2.75, 3.05) is 0 Å². The summed E-state index contributed by atoms with van der Waals surface area (Å²) in [6.07, 6.45) is 6.84. The Morgan fingerprint density at radius 1 is 1.12 bits per heavy atom. The Hall–Kier alpha value is -3.19. The zero-order valence-electron chi connectivity index (χ0n) is 13.8. The molecule has 0 amide bonds. The van der Waals surface area contributed by atoms with Crippen LogP contribution in [0.3, 0.4) is 0 Å². The van der Waals surface area contributed by atoms with Gasteiger partial charge in [-0.2, -0.15) is 5.26 Å². The van der Waals surface area contributed by atoms with Gasteiger partial charge in [-0.3, -0.25) is 4.98 Å². The minimum Gasteiger partial charge on any atom is -0.473 e. The smallest absolute Gasteiger partial charge is 0.214 e. The Balaban J connectivity index is 1.63. The summed E-state index contributed by atoms with van der Waals surface area (Å²) < 4.78 is 5.94. The van der Waals surface area contributed by atoms with Crippen LogP contribution in [0.4, 0.5) is 0 Å². The predicted molar refractivity (Wildman–Crippen MR) is 95.0 cm³/mol. The van der Waals surface area contributed by atoms with E-state index in [0.717, 1.165) is 41.6 Å². The molecule has 4 nitrogen and oxygen atoms in total. The summed E-state index contributed by atoms with van der Waals surface area (Å²) in [4.78, 5) is 8.93. The van der Waals surface area contributed by atoms with Crippen LogP contribution in [0.15, 0.2) is 54.9 Å². The van der Waals surface area contributed by atoms with Gasteiger partial charge in [0.2, 0.25) is 5.88 Å². The molecule has 4 heteroatoms. The van der Waals surface area contributed by atoms with Crippen LogP contribution in [0, 0.1) is 11.3 Å². The predicted octanol–water partition coefficient (Wildman–Crippen LogP) is 4.08. The van der Waals surface area contributed by atoms with Gasteiger partial charge in [-0.25, -0.2) is 4.98 Å². The van der Waals surface area contributed by atoms with Crippen LogP contribution in [-0.2, 0) is 19.4 Å². The Morgan fingerprint density at radius 2 is 2.08 bits per heavy atom. The van der Waals surface area contributed by atoms with E-state index < -0.39 is 0 Å². The number of nitrogens with zero attached hydrogens (tertiary/aromatic N) is 3. The Morgan fingerprint density at radius 3 is 2.92 bits per heavy atom. The molecule has 122 valence electrons. The Labute approximate surface area is 146 Å². The van der Waals surface area contributed by atoms with Gasteiger partial charge in [0, 0.05) is 29.7 Å². The monoisotopic (exact) mass is 327 g/mol. The van der Waals surface area contributed by atoms with Crippen LogP contribution in [0.25, 0.3) is 11.1 Å². The molecule has 0 fully saturated rings. The highest BCUT2D eigenvalue weighted by Crippen LogP contribution is 2.34. The van der Waals surface area contributed by atoms with Gasteiger partial charge in [0.25, 0.3) is 0 Å². The van der Waals surface area contributed by atoms with E-state index >= 15 is 0 Å². The third-order valence-electron chi connectivity index (χ3n) is 4.44. The highest BCUT2D eigenvalue weighted by Gasteiger charge is 2.19. The van der Waals surface area contributed by atoms with Crippen molar-refractivity contribution in [1.29, 1.82) is 5.26 Å². The van der Waals surface area contributed by atoms with Crippen LogP contribution in [0.2, 0.25) is 0 Å². The quantitative estimate of drug-likeness (QED) is 0.724. The number of ether oxygens (including phenoxy) is 1. The van der Waals surface area contributed by atoms with Gasteiger partial charge in [0.05, 0.1) is 11.6 Å². The minimum absolute atomic E-state index is 0.397. The number of hydrogen-bond acceptors (Lipinski definition) is 4. The second kappa shape index (κ2) is 6.74. The zero-order valence-corrected chi connectivity index (χ0v) is 13.8. The van der Waals surface area contributed by atoms with E-state index in [0.29, 0.717) is 18.1 Å². The molecule has 1 aliphatic carbocycles. The number of nitriles is 1. The van der Waals surface area contributed by atoms with Gasteiger partial charge in [-0.05, 0) is 54.2 Å². The molecule has 0 atom stereocenters. The summed E-state index contributed by atoms with van der Waals surface area (Å²) in [7, 11) is 0. The maximum atomic E-state index is 9.01. The van der Waals surface area contributed by atoms with Crippen molar-refractivity contribution in [2.24, 2.45) is 0 Å². The molecule has 0 aliphatic heterocycles. The normalized spacial score (nSPS) is 12.4. The van der Waals surface area contributed by atoms with Gasteiger partial charge in [0.15, 0.2) is 0 Å². The summed E-state index contributed by atoms with van der Waals surface area (Å²) in [5, 5.41) is 9.01. The molecule has 0 spiro atoms. The lowest BCUT2D eigenvalue weighted by Gasteiger charge is -2.12. The fourth-order valence-electron chi connectivity index (χ4n) is 3.26. The molecule has 0 N–H and O–H groups in total. The number of rotatable bonds is 4. The number of pyridine rings is 2. The molecule has 3 aromatic rings. The van der Waals surface area contributed by atoms with E-state index in [1.165, 1.54) is 5.56 Å². The number of aromatic nitrogens is 2. The van der Waals surface area contributed by atoms with Crippen molar-refractivity contribution in [3.8, 4) is 23.1 Å². The molecule has 0 bridgehead atoms. The number of benzene rings is 1. The van der Waals surface area contributed by atoms with E-state index in [-0.39, 0.29) is 0 Å². The minimum atomic E-state index is 0.397. The van der Waals surface area contributed by atoms with Gasteiger partial charge < -0.3 is 4.74 Å². The standard InChI is InChI=1S/C21H17N3O/c22-12-15-4-1-5-16(10-15)14-25-21-11-19(17-6-3-9-23-13-17)18-7-2-8-20(18)24-21/h1,3-6,9-11,13H,2,7-8,14H2. The van der Waals surface area contributed by atoms with Crippen LogP contribution < -0.4 is 4.74 Å². The third kappa shape index (κ3) is 3.22. The molecule has 25 heavy (non-hydrogen) atoms. The maximum absolute atomic E-state index is 9.01. The van der Waals surface area contributed by atoms with Gasteiger partial charge >= 0.3 is 0 Å². The fourth-order valence-corrected chi connectivity index (χ4v) is 3.26. The van der Waals surface area contributed by atoms with E-state index in [1.54, 1.807) is 12.3 Å². The van der Waals surface area contributed by atoms with Crippen molar-refractivity contribution in [1.82, 2.24) is 9.97 Å². The van der Waals surface area contributed by atoms with E-state index in [2.05, 4.69) is 22.1 Å². The van der Waals surface area contributed by atoms with Crippen molar-refractivity contribution >= 4 is 0 Å². The lowest BCUT2D eigenvalue weighted by atomic mass is 10.0. The van der Waals surface area contributed by atoms with Crippen molar-refractivity contribution in [3.05, 3.63) is 77.2 Å². The summed E-state index contributed by atoms with van der Waals surface area (Å²) in [6, 6.07) is 15.6. The largest absolute Gasteiger partial charge is 0.473 e. The van der Waals surface area contributed by atoms with Gasteiger partial charge in [-0.15, -0.1) is 0 Å². The third-order valence-corrected chi connectivity index (χ3v) is 4.44. The zero-order chi connectivity index (χ0) is 17.1. The lowest BCUT2D eigenvalue weighted by molar-refractivity contribution is 0.293. The first-order chi connectivity index (χ1) is 12.3. The van der Waals surface area contributed by atoms with E-state index in [4.69, 9.17) is 10.00 Å². The van der Waals surface area contributed by atoms with Crippen LogP contribution in [0.5, 0.6) is 5.88 Å². The molecule has 2 aromatic heterocycles. The van der Waals surface area contributed by atoms with Crippen LogP contribution >= 0.6 is 0 Å². The van der Waals surface area contributed by atoms with Gasteiger partial charge in [-0.1, -0.05) is 18.2 Å². The second-order valence-corrected chi connectivity index (χ2v) is 6.13. The number of aryl methyl sites for hydroxylation is 1. The molecule has 4 rings (SSSR count). The average Bonchev–Trinajstić information content (AvgIpc) is 3.15. The Bertz CT molecular complexity index is 945. The molecule has 0 radical (unpaired) electrons. The molecule has 1 aromatic carbocycles. The summed E-state index contributed by atoms with van der Waals surface area (Å²) >= 11 is 0. The van der Waals surface area contributed by atoms with E-state index in [9.17, 15) is 0 Å².